The van der Waals surface area contributed by atoms with E-state index in [-0.39, 0.29) is 24.3 Å². The molecule has 2 heterocycles. The van der Waals surface area contributed by atoms with Crippen molar-refractivity contribution >= 4 is 11.8 Å². The van der Waals surface area contributed by atoms with Crippen LogP contribution in [0.15, 0.2) is 54.6 Å². The second-order valence-electron chi connectivity index (χ2n) is 7.93. The normalized spacial score (nSPS) is 15.7. The summed E-state index contributed by atoms with van der Waals surface area (Å²) in [7, 11) is 3.20. The Labute approximate surface area is 192 Å². The van der Waals surface area contributed by atoms with Crippen molar-refractivity contribution in [1.82, 2.24) is 20.2 Å². The average molecular weight is 449 g/mol. The van der Waals surface area contributed by atoms with Gasteiger partial charge in [0.05, 0.1) is 7.11 Å². The van der Waals surface area contributed by atoms with E-state index in [0.29, 0.717) is 36.1 Å². The highest BCUT2D eigenvalue weighted by Crippen LogP contribution is 2.30. The Morgan fingerprint density at radius 2 is 1.88 bits per heavy atom. The molecule has 0 unspecified atom stereocenters. The number of aromatic nitrogens is 2. The van der Waals surface area contributed by atoms with Crippen LogP contribution in [0.5, 0.6) is 11.5 Å². The Balaban J connectivity index is 1.50. The quantitative estimate of drug-likeness (QED) is 0.579. The summed E-state index contributed by atoms with van der Waals surface area (Å²) >= 11 is 0. The highest BCUT2D eigenvalue weighted by molar-refractivity contribution is 5.98. The molecule has 1 saturated heterocycles. The van der Waals surface area contributed by atoms with Gasteiger partial charge in [-0.25, -0.2) is 4.98 Å². The number of rotatable bonds is 7. The van der Waals surface area contributed by atoms with Crippen molar-refractivity contribution in [3.8, 4) is 22.8 Å². The van der Waals surface area contributed by atoms with Crippen LogP contribution >= 0.6 is 0 Å². The molecule has 2 N–H and O–H groups in total. The minimum Gasteiger partial charge on any atom is -0.497 e. The fourth-order valence-corrected chi connectivity index (χ4v) is 4.01. The predicted octanol–water partition coefficient (Wildman–Crippen LogP) is 3.23. The highest BCUT2D eigenvalue weighted by Gasteiger charge is 2.29. The van der Waals surface area contributed by atoms with Gasteiger partial charge in [-0.1, -0.05) is 18.2 Å². The van der Waals surface area contributed by atoms with Gasteiger partial charge in [0, 0.05) is 31.6 Å². The van der Waals surface area contributed by atoms with Crippen molar-refractivity contribution in [3.63, 3.8) is 0 Å². The number of nitrogens with zero attached hydrogens (tertiary/aromatic N) is 2. The molecule has 0 bridgehead atoms. The van der Waals surface area contributed by atoms with Crippen LogP contribution in [0.1, 0.15) is 35.1 Å². The summed E-state index contributed by atoms with van der Waals surface area (Å²) in [5.41, 5.74) is 1.81. The summed E-state index contributed by atoms with van der Waals surface area (Å²) in [5, 5.41) is 2.67. The number of nitrogens with one attached hydrogen (secondary N) is 2. The number of H-pyrrole nitrogens is 1. The maximum absolute atomic E-state index is 12.8. The Kier molecular flexibility index (Phi) is 6.92. The van der Waals surface area contributed by atoms with Crippen LogP contribution in [0.4, 0.5) is 0 Å². The van der Waals surface area contributed by atoms with Gasteiger partial charge < -0.3 is 24.7 Å². The molecule has 4 rings (SSSR count). The minimum absolute atomic E-state index is 0.00449. The summed E-state index contributed by atoms with van der Waals surface area (Å²) in [4.78, 5) is 35.1. The van der Waals surface area contributed by atoms with Gasteiger partial charge in [0.15, 0.2) is 6.61 Å². The summed E-state index contributed by atoms with van der Waals surface area (Å²) in [6.45, 7) is 1.21. The van der Waals surface area contributed by atoms with Gasteiger partial charge in [0.2, 0.25) is 0 Å². The largest absolute Gasteiger partial charge is 0.497 e. The van der Waals surface area contributed by atoms with Crippen LogP contribution in [0.25, 0.3) is 11.3 Å². The molecule has 2 amide bonds. The third kappa shape index (κ3) is 5.16. The van der Waals surface area contributed by atoms with Gasteiger partial charge in [-0.3, -0.25) is 9.59 Å². The molecule has 0 spiro atoms. The summed E-state index contributed by atoms with van der Waals surface area (Å²) < 4.78 is 10.9. The van der Waals surface area contributed by atoms with Crippen molar-refractivity contribution in [2.75, 3.05) is 33.9 Å². The molecule has 1 atom stereocenters. The monoisotopic (exact) mass is 448 g/mol. The molecule has 0 aliphatic carbocycles. The molecule has 3 aromatic rings. The first-order valence-corrected chi connectivity index (χ1v) is 11.0. The molecular weight excluding hydrogens is 420 g/mol. The van der Waals surface area contributed by atoms with Crippen LogP contribution in [-0.2, 0) is 4.79 Å². The fraction of sp³-hybridized carbons (Fsp3) is 0.320. The first kappa shape index (κ1) is 22.4. The molecule has 33 heavy (non-hydrogen) atoms. The summed E-state index contributed by atoms with van der Waals surface area (Å²) in [5.74, 6) is 1.83. The number of ether oxygens (including phenoxy) is 2. The first-order valence-electron chi connectivity index (χ1n) is 11.0. The van der Waals surface area contributed by atoms with Gasteiger partial charge in [-0.2, -0.15) is 0 Å². The van der Waals surface area contributed by atoms with Gasteiger partial charge >= 0.3 is 0 Å². The number of carbonyl (C=O) groups is 2. The number of piperidine rings is 1. The lowest BCUT2D eigenvalue weighted by molar-refractivity contribution is -0.134. The fourth-order valence-electron chi connectivity index (χ4n) is 4.01. The Hall–Kier alpha value is -3.81. The number of para-hydroxylation sites is 1. The van der Waals surface area contributed by atoms with Gasteiger partial charge in [0.1, 0.15) is 28.7 Å². The number of carbonyl (C=O) groups excluding carboxylic acids is 2. The van der Waals surface area contributed by atoms with E-state index in [1.165, 1.54) is 0 Å². The molecular formula is C25H28N4O4. The molecule has 0 saturated carbocycles. The maximum Gasteiger partial charge on any atom is 0.269 e. The topological polar surface area (TPSA) is 96.6 Å². The summed E-state index contributed by atoms with van der Waals surface area (Å²) in [6.07, 6.45) is 1.74. The number of likely N-dealkylation sites (tertiary alicyclic amines) is 1. The number of imidazole rings is 1. The molecule has 1 aromatic heterocycles. The van der Waals surface area contributed by atoms with E-state index in [1.807, 2.05) is 59.5 Å². The standard InChI is InChI=1S/C25H28N4O4/c1-26-25(31)23-22(17-10-12-19(32-2)13-11-17)27-24(28-23)18-7-6-14-29(15-18)21(30)16-33-20-8-4-3-5-9-20/h3-5,8-13,18H,6-7,14-16H2,1-2H3,(H,26,31)(H,27,28)/t18-/m1/s1. The second-order valence-corrected chi connectivity index (χ2v) is 7.93. The van der Waals surface area contributed by atoms with Crippen molar-refractivity contribution in [3.05, 3.63) is 66.1 Å². The smallest absolute Gasteiger partial charge is 0.269 e. The van der Waals surface area contributed by atoms with Crippen molar-refractivity contribution in [2.45, 2.75) is 18.8 Å². The Morgan fingerprint density at radius 1 is 1.12 bits per heavy atom. The molecule has 8 nitrogen and oxygen atoms in total. The zero-order valence-electron chi connectivity index (χ0n) is 18.8. The predicted molar refractivity (Wildman–Crippen MR) is 124 cm³/mol. The van der Waals surface area contributed by atoms with Crippen LogP contribution in [0, 0.1) is 0 Å². The van der Waals surface area contributed by atoms with Crippen LogP contribution in [-0.4, -0.2) is 60.5 Å². The molecule has 1 fully saturated rings. The lowest BCUT2D eigenvalue weighted by Crippen LogP contribution is -2.41. The van der Waals surface area contributed by atoms with Crippen LogP contribution in [0.2, 0.25) is 0 Å². The molecule has 1 aliphatic heterocycles. The molecule has 172 valence electrons. The lowest BCUT2D eigenvalue weighted by atomic mass is 9.97. The zero-order valence-corrected chi connectivity index (χ0v) is 18.8. The number of methoxy groups -OCH3 is 1. The van der Waals surface area contributed by atoms with Crippen molar-refractivity contribution in [1.29, 1.82) is 0 Å². The van der Waals surface area contributed by atoms with Gasteiger partial charge in [-0.05, 0) is 49.2 Å². The highest BCUT2D eigenvalue weighted by atomic mass is 16.5. The molecule has 2 aromatic carbocycles. The molecule has 0 radical (unpaired) electrons. The van der Waals surface area contributed by atoms with E-state index in [0.717, 1.165) is 24.2 Å². The van der Waals surface area contributed by atoms with Gasteiger partial charge in [0.25, 0.3) is 11.8 Å². The Bertz CT molecular complexity index is 1100. The average Bonchev–Trinajstić information content (AvgIpc) is 3.33. The van der Waals surface area contributed by atoms with E-state index in [2.05, 4.69) is 10.3 Å². The summed E-state index contributed by atoms with van der Waals surface area (Å²) in [6, 6.07) is 16.7. The maximum atomic E-state index is 12.8. The second kappa shape index (κ2) is 10.2. The van der Waals surface area contributed by atoms with Crippen molar-refractivity contribution < 1.29 is 19.1 Å². The van der Waals surface area contributed by atoms with E-state index in [4.69, 9.17) is 14.5 Å². The third-order valence-electron chi connectivity index (χ3n) is 5.81. The minimum atomic E-state index is -0.237. The number of amides is 2. The zero-order chi connectivity index (χ0) is 23.2. The van der Waals surface area contributed by atoms with Crippen LogP contribution < -0.4 is 14.8 Å². The first-order chi connectivity index (χ1) is 16.1. The molecule has 8 heteroatoms. The number of aromatic amines is 1. The van der Waals surface area contributed by atoms with Gasteiger partial charge in [-0.15, -0.1) is 0 Å². The van der Waals surface area contributed by atoms with E-state index in [1.54, 1.807) is 14.2 Å². The molecule has 1 aliphatic rings. The number of hydrogen-bond acceptors (Lipinski definition) is 5. The Morgan fingerprint density at radius 3 is 2.58 bits per heavy atom. The van der Waals surface area contributed by atoms with Crippen molar-refractivity contribution in [2.24, 2.45) is 0 Å². The SMILES string of the molecule is CNC(=O)c1[nH]c([C@@H]2CCCN(C(=O)COc3ccccc3)C2)nc1-c1ccc(OC)cc1. The van der Waals surface area contributed by atoms with E-state index in [9.17, 15) is 9.59 Å². The number of benzene rings is 2. The number of hydrogen-bond donors (Lipinski definition) is 2. The van der Waals surface area contributed by atoms with E-state index >= 15 is 0 Å². The third-order valence-corrected chi connectivity index (χ3v) is 5.81. The lowest BCUT2D eigenvalue weighted by Gasteiger charge is -2.31. The van der Waals surface area contributed by atoms with E-state index < -0.39 is 0 Å². The van der Waals surface area contributed by atoms with Crippen LogP contribution in [0.3, 0.4) is 0 Å².